The molecule has 1 saturated carbocycles. The summed E-state index contributed by atoms with van der Waals surface area (Å²) in [5.41, 5.74) is 1.16. The van der Waals surface area contributed by atoms with E-state index in [4.69, 9.17) is 9.94 Å². The monoisotopic (exact) mass is 267 g/mol. The number of oxime groups is 1. The van der Waals surface area contributed by atoms with Gasteiger partial charge >= 0.3 is 0 Å². The fourth-order valence-corrected chi connectivity index (χ4v) is 3.67. The van der Waals surface area contributed by atoms with E-state index >= 15 is 0 Å². The molecule has 3 rings (SSSR count). The Balaban J connectivity index is 1.90. The van der Waals surface area contributed by atoms with Crippen LogP contribution in [0.5, 0.6) is 0 Å². The number of hydrogen-bond donors (Lipinski definition) is 1. The van der Waals surface area contributed by atoms with E-state index in [1.54, 1.807) is 0 Å². The molecule has 2 fully saturated rings. The molecular weight excluding hydrogens is 246 g/mol. The van der Waals surface area contributed by atoms with Crippen molar-refractivity contribution in [3.63, 3.8) is 0 Å². The number of hydroxylamine groups is 1. The molecule has 2 aliphatic heterocycles. The zero-order valence-electron chi connectivity index (χ0n) is 11.3. The molecule has 19 heavy (non-hydrogen) atoms. The molecule has 106 valence electrons. The van der Waals surface area contributed by atoms with Crippen molar-refractivity contribution in [1.29, 1.82) is 0 Å². The van der Waals surface area contributed by atoms with Crippen molar-refractivity contribution >= 4 is 11.4 Å². The van der Waals surface area contributed by atoms with Crippen molar-refractivity contribution in [3.8, 4) is 0 Å². The summed E-state index contributed by atoms with van der Waals surface area (Å²) in [6, 6.07) is 0. The molecule has 6 heteroatoms. The van der Waals surface area contributed by atoms with Gasteiger partial charge in [0.05, 0.1) is 24.8 Å². The molecule has 0 aromatic carbocycles. The fourth-order valence-electron chi connectivity index (χ4n) is 3.67. The molecule has 3 aliphatic rings. The lowest BCUT2D eigenvalue weighted by Crippen LogP contribution is -2.55. The summed E-state index contributed by atoms with van der Waals surface area (Å²) >= 11 is 0. The molecule has 1 N–H and O–H groups in total. The van der Waals surface area contributed by atoms with Gasteiger partial charge in [0, 0.05) is 32.9 Å². The summed E-state index contributed by atoms with van der Waals surface area (Å²) < 4.78 is 6.56. The second-order valence-electron chi connectivity index (χ2n) is 5.80. The maximum atomic E-state index is 12.7. The normalized spacial score (nSPS) is 38.8. The third-order valence-corrected chi connectivity index (χ3v) is 4.78. The van der Waals surface area contributed by atoms with Crippen LogP contribution in [0, 0.1) is 11.1 Å². The van der Waals surface area contributed by atoms with Crippen molar-refractivity contribution in [2.24, 2.45) is 11.1 Å². The van der Waals surface area contributed by atoms with Gasteiger partial charge in [0.25, 0.3) is 0 Å². The highest BCUT2D eigenvalue weighted by atomic mass is 16.5. The fraction of sp³-hybridized carbons (Fsp3) is 0.846. The average Bonchev–Trinajstić information content (AvgIpc) is 2.73. The summed E-state index contributed by atoms with van der Waals surface area (Å²) in [7, 11) is 0. The molecule has 1 saturated heterocycles. The third-order valence-electron chi connectivity index (χ3n) is 4.78. The Morgan fingerprint density at radius 2 is 2.16 bits per heavy atom. The first-order valence-corrected chi connectivity index (χ1v) is 7.03. The predicted molar refractivity (Wildman–Crippen MR) is 70.6 cm³/mol. The summed E-state index contributed by atoms with van der Waals surface area (Å²) in [5.74, 6) is 0.0316. The standard InChI is InChI=1S/C13H21N3O3/c1-13(15-5-7-19-8-6-15)9-10-11(14-17)3-2-4-12(10)16(13)18/h10,17H,2-9H2,1H3/b14-11+. The Morgan fingerprint density at radius 3 is 2.84 bits per heavy atom. The summed E-state index contributed by atoms with van der Waals surface area (Å²) in [6.45, 7) is 4.96. The van der Waals surface area contributed by atoms with Crippen LogP contribution in [-0.2, 0) is 4.74 Å². The van der Waals surface area contributed by atoms with Crippen molar-refractivity contribution in [2.45, 2.75) is 38.3 Å². The van der Waals surface area contributed by atoms with E-state index < -0.39 is 5.66 Å². The van der Waals surface area contributed by atoms with Gasteiger partial charge in [-0.1, -0.05) is 5.16 Å². The number of hydrogen-bond acceptors (Lipinski definition) is 5. The van der Waals surface area contributed by atoms with Gasteiger partial charge in [-0.2, -0.15) is 4.74 Å². The molecular formula is C13H21N3O3. The number of ether oxygens (including phenoxy) is 1. The minimum Gasteiger partial charge on any atom is -0.622 e. The highest BCUT2D eigenvalue weighted by molar-refractivity contribution is 6.08. The Hall–Kier alpha value is -1.14. The maximum Gasteiger partial charge on any atom is 0.227 e. The van der Waals surface area contributed by atoms with Crippen molar-refractivity contribution in [3.05, 3.63) is 5.21 Å². The van der Waals surface area contributed by atoms with Gasteiger partial charge < -0.3 is 15.2 Å². The second kappa shape index (κ2) is 4.76. The van der Waals surface area contributed by atoms with E-state index in [2.05, 4.69) is 10.1 Å². The topological polar surface area (TPSA) is 71.1 Å². The second-order valence-corrected chi connectivity index (χ2v) is 5.80. The SMILES string of the molecule is CC1(N2CCOCC2)CC2C(=[N+]1[O-])CCC/C2=N\O. The first-order valence-electron chi connectivity index (χ1n) is 7.03. The number of rotatable bonds is 1. The Morgan fingerprint density at radius 1 is 1.42 bits per heavy atom. The minimum absolute atomic E-state index is 0.0316. The number of fused-ring (bicyclic) bond motifs is 1. The highest BCUT2D eigenvalue weighted by Crippen LogP contribution is 2.38. The average molecular weight is 267 g/mol. The van der Waals surface area contributed by atoms with Crippen molar-refractivity contribution < 1.29 is 14.7 Å². The maximum absolute atomic E-state index is 12.7. The van der Waals surface area contributed by atoms with Crippen LogP contribution in [0.25, 0.3) is 0 Å². The molecule has 2 atom stereocenters. The van der Waals surface area contributed by atoms with Gasteiger partial charge in [-0.3, -0.25) is 0 Å². The lowest BCUT2D eigenvalue weighted by Gasteiger charge is -2.38. The Kier molecular flexibility index (Phi) is 3.22. The van der Waals surface area contributed by atoms with E-state index in [0.717, 1.165) is 50.2 Å². The zero-order valence-corrected chi connectivity index (χ0v) is 11.3. The van der Waals surface area contributed by atoms with Gasteiger partial charge in [0.2, 0.25) is 5.66 Å². The van der Waals surface area contributed by atoms with Crippen LogP contribution in [0.2, 0.25) is 0 Å². The molecule has 2 unspecified atom stereocenters. The van der Waals surface area contributed by atoms with Crippen LogP contribution in [0.1, 0.15) is 32.6 Å². The molecule has 1 aliphatic carbocycles. The summed E-state index contributed by atoms with van der Waals surface area (Å²) in [5, 5.41) is 25.2. The van der Waals surface area contributed by atoms with E-state index in [-0.39, 0.29) is 5.92 Å². The van der Waals surface area contributed by atoms with Crippen LogP contribution >= 0.6 is 0 Å². The molecule has 2 heterocycles. The number of morpholine rings is 1. The Labute approximate surface area is 112 Å². The summed E-state index contributed by atoms with van der Waals surface area (Å²) in [4.78, 5) is 2.21. The van der Waals surface area contributed by atoms with Crippen LogP contribution in [0.4, 0.5) is 0 Å². The van der Waals surface area contributed by atoms with Crippen LogP contribution in [-0.4, -0.2) is 58.2 Å². The molecule has 0 spiro atoms. The molecule has 6 nitrogen and oxygen atoms in total. The van der Waals surface area contributed by atoms with Gasteiger partial charge in [-0.25, -0.2) is 4.90 Å². The zero-order chi connectivity index (χ0) is 13.5. The van der Waals surface area contributed by atoms with E-state index in [1.165, 1.54) is 4.74 Å². The quantitative estimate of drug-likeness (QED) is 0.333. The van der Waals surface area contributed by atoms with Crippen molar-refractivity contribution in [1.82, 2.24) is 4.90 Å². The van der Waals surface area contributed by atoms with Crippen LogP contribution < -0.4 is 0 Å². The van der Waals surface area contributed by atoms with E-state index in [0.29, 0.717) is 13.2 Å². The minimum atomic E-state index is -0.510. The molecule has 0 radical (unpaired) electrons. The Bertz CT molecular complexity index is 429. The lowest BCUT2D eigenvalue weighted by molar-refractivity contribution is -0.572. The smallest absolute Gasteiger partial charge is 0.227 e. The molecule has 0 aromatic rings. The third kappa shape index (κ3) is 1.94. The first kappa shape index (κ1) is 12.9. The molecule has 0 bridgehead atoms. The van der Waals surface area contributed by atoms with E-state index in [9.17, 15) is 5.21 Å². The largest absolute Gasteiger partial charge is 0.622 e. The molecule has 0 amide bonds. The summed E-state index contributed by atoms with van der Waals surface area (Å²) in [6.07, 6.45) is 3.26. The van der Waals surface area contributed by atoms with Crippen LogP contribution in [0.3, 0.4) is 0 Å². The van der Waals surface area contributed by atoms with Gasteiger partial charge in [-0.05, 0) is 12.8 Å². The molecule has 0 aromatic heterocycles. The van der Waals surface area contributed by atoms with Crippen molar-refractivity contribution in [2.75, 3.05) is 26.3 Å². The van der Waals surface area contributed by atoms with Gasteiger partial charge in [0.1, 0.15) is 0 Å². The number of nitrogens with zero attached hydrogens (tertiary/aromatic N) is 3. The van der Waals surface area contributed by atoms with Crippen LogP contribution in [0.15, 0.2) is 5.16 Å². The van der Waals surface area contributed by atoms with Gasteiger partial charge in [0.15, 0.2) is 5.71 Å². The van der Waals surface area contributed by atoms with E-state index in [1.807, 2.05) is 6.92 Å². The highest BCUT2D eigenvalue weighted by Gasteiger charge is 2.53. The predicted octanol–water partition coefficient (Wildman–Crippen LogP) is 1.02. The van der Waals surface area contributed by atoms with Gasteiger partial charge in [-0.15, -0.1) is 0 Å². The lowest BCUT2D eigenvalue weighted by atomic mass is 9.83. The first-order chi connectivity index (χ1) is 9.16.